The quantitative estimate of drug-likeness (QED) is 0.747. The van der Waals surface area contributed by atoms with Crippen molar-refractivity contribution >= 4 is 0 Å². The van der Waals surface area contributed by atoms with Crippen LogP contribution in [-0.4, -0.2) is 24.3 Å². The Morgan fingerprint density at radius 3 is 2.53 bits per heavy atom. The van der Waals surface area contributed by atoms with Gasteiger partial charge in [0.25, 0.3) is 0 Å². The van der Waals surface area contributed by atoms with Crippen LogP contribution >= 0.6 is 0 Å². The number of nitrogens with one attached hydrogen (secondary N) is 1. The lowest BCUT2D eigenvalue weighted by Crippen LogP contribution is -2.36. The average molecular weight is 207 g/mol. The van der Waals surface area contributed by atoms with Crippen LogP contribution in [0.3, 0.4) is 0 Å². The van der Waals surface area contributed by atoms with Gasteiger partial charge in [0.2, 0.25) is 0 Å². The topological polar surface area (TPSA) is 32.3 Å². The minimum Gasteiger partial charge on any atom is -0.389 e. The Labute approximate surface area is 92.3 Å². The molecule has 0 radical (unpaired) electrons. The van der Waals surface area contributed by atoms with E-state index < -0.39 is 5.60 Å². The molecule has 1 aromatic rings. The Morgan fingerprint density at radius 1 is 1.27 bits per heavy atom. The standard InChI is InChI=1S/C13H21NO/c1-13(15,11-14-2)10-6-9-12-7-4-3-5-8-12/h3-5,7-8,14-15H,6,9-11H2,1-2H3. The van der Waals surface area contributed by atoms with E-state index in [2.05, 4.69) is 29.6 Å². The second-order valence-corrected chi connectivity index (χ2v) is 4.37. The second kappa shape index (κ2) is 5.89. The van der Waals surface area contributed by atoms with E-state index in [1.54, 1.807) is 0 Å². The van der Waals surface area contributed by atoms with Crippen molar-refractivity contribution in [3.8, 4) is 0 Å². The minimum atomic E-state index is -0.580. The van der Waals surface area contributed by atoms with Crippen LogP contribution in [0, 0.1) is 0 Å². The summed E-state index contributed by atoms with van der Waals surface area (Å²) in [4.78, 5) is 0. The number of likely N-dealkylation sites (N-methyl/N-ethyl adjacent to an activating group) is 1. The summed E-state index contributed by atoms with van der Waals surface area (Å²) in [5.41, 5.74) is 0.765. The molecule has 2 heteroatoms. The number of benzene rings is 1. The highest BCUT2D eigenvalue weighted by molar-refractivity contribution is 5.14. The van der Waals surface area contributed by atoms with Crippen molar-refractivity contribution in [1.29, 1.82) is 0 Å². The zero-order valence-electron chi connectivity index (χ0n) is 9.66. The lowest BCUT2D eigenvalue weighted by atomic mass is 9.97. The predicted octanol–water partition coefficient (Wildman–Crippen LogP) is 1.98. The molecule has 1 aromatic carbocycles. The molecule has 0 saturated carbocycles. The summed E-state index contributed by atoms with van der Waals surface area (Å²) in [6, 6.07) is 10.4. The molecular weight excluding hydrogens is 186 g/mol. The van der Waals surface area contributed by atoms with Gasteiger partial charge in [0.1, 0.15) is 0 Å². The zero-order chi connectivity index (χ0) is 11.1. The highest BCUT2D eigenvalue weighted by Crippen LogP contribution is 2.13. The number of hydrogen-bond acceptors (Lipinski definition) is 2. The second-order valence-electron chi connectivity index (χ2n) is 4.37. The first kappa shape index (κ1) is 12.2. The van der Waals surface area contributed by atoms with Crippen LogP contribution in [0.5, 0.6) is 0 Å². The number of hydrogen-bond donors (Lipinski definition) is 2. The van der Waals surface area contributed by atoms with E-state index in [4.69, 9.17) is 0 Å². The molecule has 0 heterocycles. The van der Waals surface area contributed by atoms with Crippen molar-refractivity contribution in [1.82, 2.24) is 5.32 Å². The molecule has 0 aromatic heterocycles. The first-order valence-corrected chi connectivity index (χ1v) is 5.55. The summed E-state index contributed by atoms with van der Waals surface area (Å²) in [5.74, 6) is 0. The van der Waals surface area contributed by atoms with Gasteiger partial charge in [-0.15, -0.1) is 0 Å². The molecule has 0 aliphatic heterocycles. The van der Waals surface area contributed by atoms with Crippen molar-refractivity contribution < 1.29 is 5.11 Å². The third-order valence-corrected chi connectivity index (χ3v) is 2.58. The number of aryl methyl sites for hydroxylation is 1. The molecule has 0 saturated heterocycles. The van der Waals surface area contributed by atoms with Crippen molar-refractivity contribution in [2.24, 2.45) is 0 Å². The molecular formula is C13H21NO. The zero-order valence-corrected chi connectivity index (χ0v) is 9.66. The predicted molar refractivity (Wildman–Crippen MR) is 63.9 cm³/mol. The smallest absolute Gasteiger partial charge is 0.0743 e. The van der Waals surface area contributed by atoms with Crippen LogP contribution < -0.4 is 5.32 Å². The summed E-state index contributed by atoms with van der Waals surface area (Å²) in [7, 11) is 1.87. The molecule has 1 rings (SSSR count). The summed E-state index contributed by atoms with van der Waals surface area (Å²) in [6.07, 6.45) is 2.90. The highest BCUT2D eigenvalue weighted by Gasteiger charge is 2.17. The van der Waals surface area contributed by atoms with Gasteiger partial charge in [-0.25, -0.2) is 0 Å². The highest BCUT2D eigenvalue weighted by atomic mass is 16.3. The van der Waals surface area contributed by atoms with Gasteiger partial charge in [-0.05, 0) is 38.8 Å². The Kier molecular flexibility index (Phi) is 4.79. The SMILES string of the molecule is CNCC(C)(O)CCCc1ccccc1. The maximum absolute atomic E-state index is 9.93. The lowest BCUT2D eigenvalue weighted by Gasteiger charge is -2.22. The first-order valence-electron chi connectivity index (χ1n) is 5.55. The summed E-state index contributed by atoms with van der Waals surface area (Å²) >= 11 is 0. The molecule has 1 atom stereocenters. The minimum absolute atomic E-state index is 0.580. The number of aliphatic hydroxyl groups is 1. The molecule has 0 aliphatic rings. The lowest BCUT2D eigenvalue weighted by molar-refractivity contribution is 0.0509. The van der Waals surface area contributed by atoms with Gasteiger partial charge in [0.05, 0.1) is 5.60 Å². The van der Waals surface area contributed by atoms with Gasteiger partial charge >= 0.3 is 0 Å². The largest absolute Gasteiger partial charge is 0.389 e. The van der Waals surface area contributed by atoms with Crippen LogP contribution in [0.25, 0.3) is 0 Å². The van der Waals surface area contributed by atoms with Gasteiger partial charge < -0.3 is 10.4 Å². The molecule has 15 heavy (non-hydrogen) atoms. The van der Waals surface area contributed by atoms with Crippen molar-refractivity contribution in [3.05, 3.63) is 35.9 Å². The van der Waals surface area contributed by atoms with Gasteiger partial charge in [0.15, 0.2) is 0 Å². The Bertz CT molecular complexity index is 269. The molecule has 0 amide bonds. The summed E-state index contributed by atoms with van der Waals surface area (Å²) < 4.78 is 0. The van der Waals surface area contributed by atoms with Crippen LogP contribution in [0.1, 0.15) is 25.3 Å². The van der Waals surface area contributed by atoms with E-state index in [0.29, 0.717) is 6.54 Å². The Hall–Kier alpha value is -0.860. The van der Waals surface area contributed by atoms with Crippen LogP contribution in [0.15, 0.2) is 30.3 Å². The fourth-order valence-electron chi connectivity index (χ4n) is 1.79. The van der Waals surface area contributed by atoms with Gasteiger partial charge in [-0.1, -0.05) is 30.3 Å². The van der Waals surface area contributed by atoms with Crippen molar-refractivity contribution in [2.75, 3.05) is 13.6 Å². The maximum Gasteiger partial charge on any atom is 0.0743 e. The van der Waals surface area contributed by atoms with E-state index in [-0.39, 0.29) is 0 Å². The number of rotatable bonds is 6. The van der Waals surface area contributed by atoms with E-state index in [1.165, 1.54) is 5.56 Å². The maximum atomic E-state index is 9.93. The molecule has 2 N–H and O–H groups in total. The van der Waals surface area contributed by atoms with Crippen LogP contribution in [0.4, 0.5) is 0 Å². The Balaban J connectivity index is 2.27. The third kappa shape index (κ3) is 4.96. The van der Waals surface area contributed by atoms with Gasteiger partial charge in [-0.2, -0.15) is 0 Å². The first-order chi connectivity index (χ1) is 7.14. The van der Waals surface area contributed by atoms with Crippen LogP contribution in [-0.2, 0) is 6.42 Å². The fourth-order valence-corrected chi connectivity index (χ4v) is 1.79. The summed E-state index contributed by atoms with van der Waals surface area (Å²) in [6.45, 7) is 2.54. The van der Waals surface area contributed by atoms with E-state index in [9.17, 15) is 5.11 Å². The van der Waals surface area contributed by atoms with E-state index in [1.807, 2.05) is 20.0 Å². The normalized spacial score (nSPS) is 14.9. The van der Waals surface area contributed by atoms with Gasteiger partial charge in [-0.3, -0.25) is 0 Å². The van der Waals surface area contributed by atoms with Crippen molar-refractivity contribution in [3.63, 3.8) is 0 Å². The summed E-state index contributed by atoms with van der Waals surface area (Å²) in [5, 5.41) is 12.9. The van der Waals surface area contributed by atoms with Gasteiger partial charge in [0, 0.05) is 6.54 Å². The van der Waals surface area contributed by atoms with Crippen LogP contribution in [0.2, 0.25) is 0 Å². The van der Waals surface area contributed by atoms with E-state index in [0.717, 1.165) is 19.3 Å². The van der Waals surface area contributed by atoms with Crippen molar-refractivity contribution in [2.45, 2.75) is 31.8 Å². The molecule has 0 aliphatic carbocycles. The molecule has 1 unspecified atom stereocenters. The molecule has 0 spiro atoms. The molecule has 2 nitrogen and oxygen atoms in total. The average Bonchev–Trinajstić information content (AvgIpc) is 2.19. The Morgan fingerprint density at radius 2 is 1.93 bits per heavy atom. The molecule has 84 valence electrons. The molecule has 0 fully saturated rings. The van der Waals surface area contributed by atoms with E-state index >= 15 is 0 Å². The molecule has 0 bridgehead atoms. The third-order valence-electron chi connectivity index (χ3n) is 2.58. The fraction of sp³-hybridized carbons (Fsp3) is 0.538. The monoisotopic (exact) mass is 207 g/mol.